The number of halogens is 1. The van der Waals surface area contributed by atoms with Gasteiger partial charge in [0.1, 0.15) is 5.82 Å². The summed E-state index contributed by atoms with van der Waals surface area (Å²) in [5.74, 6) is -0.188. The Hall–Kier alpha value is -1.65. The maximum atomic E-state index is 13.9. The quantitative estimate of drug-likeness (QED) is 0.825. The molecule has 1 aliphatic heterocycles. The molecule has 0 bridgehead atoms. The van der Waals surface area contributed by atoms with Crippen LogP contribution in [-0.2, 0) is 6.54 Å². The fraction of sp³-hybridized carbons (Fsp3) is 0.412. The summed E-state index contributed by atoms with van der Waals surface area (Å²) in [6.07, 6.45) is 4.57. The van der Waals surface area contributed by atoms with Crippen molar-refractivity contribution in [2.24, 2.45) is 0 Å². The lowest BCUT2D eigenvalue weighted by Gasteiger charge is -2.15. The summed E-state index contributed by atoms with van der Waals surface area (Å²) in [6, 6.07) is 10.9. The van der Waals surface area contributed by atoms with Crippen LogP contribution in [0.1, 0.15) is 18.5 Å². The summed E-state index contributed by atoms with van der Waals surface area (Å²) in [7, 11) is 0. The van der Waals surface area contributed by atoms with Crippen molar-refractivity contribution >= 4 is 0 Å². The molecule has 3 rings (SSSR count). The number of hydrogen-bond donors (Lipinski definition) is 1. The Bertz CT molecular complexity index is 573. The van der Waals surface area contributed by atoms with Gasteiger partial charge in [0, 0.05) is 31.5 Å². The van der Waals surface area contributed by atoms with Crippen molar-refractivity contribution < 1.29 is 4.39 Å². The Morgan fingerprint density at radius 2 is 1.86 bits per heavy atom. The standard InChI is InChI=1S/C17H22FN3/c18-16-7-1-2-8-17(16)21-12-5-6-15(21)14-19-9-13-20-10-3-4-11-20/h1-2,5-8,12,19H,3-4,9-11,13-14H2. The molecule has 0 unspecified atom stereocenters. The highest BCUT2D eigenvalue weighted by atomic mass is 19.1. The first kappa shape index (κ1) is 14.3. The van der Waals surface area contributed by atoms with E-state index in [-0.39, 0.29) is 5.82 Å². The van der Waals surface area contributed by atoms with Crippen molar-refractivity contribution in [1.29, 1.82) is 0 Å². The topological polar surface area (TPSA) is 20.2 Å². The van der Waals surface area contributed by atoms with Crippen LogP contribution in [0.3, 0.4) is 0 Å². The van der Waals surface area contributed by atoms with Crippen molar-refractivity contribution in [3.63, 3.8) is 0 Å². The minimum atomic E-state index is -0.188. The number of nitrogens with one attached hydrogen (secondary N) is 1. The zero-order valence-corrected chi connectivity index (χ0v) is 12.3. The van der Waals surface area contributed by atoms with Gasteiger partial charge in [-0.2, -0.15) is 0 Å². The van der Waals surface area contributed by atoms with Crippen LogP contribution >= 0.6 is 0 Å². The van der Waals surface area contributed by atoms with E-state index in [1.54, 1.807) is 6.07 Å². The molecule has 1 aromatic carbocycles. The molecule has 1 N–H and O–H groups in total. The highest BCUT2D eigenvalue weighted by Crippen LogP contribution is 2.16. The molecule has 1 aliphatic rings. The Balaban J connectivity index is 1.57. The first-order chi connectivity index (χ1) is 10.3. The van der Waals surface area contributed by atoms with Crippen LogP contribution in [0.5, 0.6) is 0 Å². The van der Waals surface area contributed by atoms with Gasteiger partial charge in [0.25, 0.3) is 0 Å². The molecule has 2 aromatic rings. The second-order valence-corrected chi connectivity index (χ2v) is 5.55. The zero-order valence-electron chi connectivity index (χ0n) is 12.3. The van der Waals surface area contributed by atoms with Crippen molar-refractivity contribution in [1.82, 2.24) is 14.8 Å². The van der Waals surface area contributed by atoms with Crippen LogP contribution in [-0.4, -0.2) is 35.6 Å². The molecule has 0 radical (unpaired) electrons. The maximum absolute atomic E-state index is 13.9. The lowest BCUT2D eigenvalue weighted by molar-refractivity contribution is 0.335. The van der Waals surface area contributed by atoms with Gasteiger partial charge in [-0.15, -0.1) is 0 Å². The Kier molecular flexibility index (Phi) is 4.68. The first-order valence-electron chi connectivity index (χ1n) is 7.69. The highest BCUT2D eigenvalue weighted by molar-refractivity contribution is 5.36. The predicted octanol–water partition coefficient (Wildman–Crippen LogP) is 2.80. The maximum Gasteiger partial charge on any atom is 0.147 e. The highest BCUT2D eigenvalue weighted by Gasteiger charge is 2.11. The second-order valence-electron chi connectivity index (χ2n) is 5.55. The SMILES string of the molecule is Fc1ccccc1-n1cccc1CNCCN1CCCC1. The number of hydrogen-bond acceptors (Lipinski definition) is 2. The smallest absolute Gasteiger partial charge is 0.147 e. The van der Waals surface area contributed by atoms with E-state index in [1.807, 2.05) is 35.0 Å². The summed E-state index contributed by atoms with van der Waals surface area (Å²) >= 11 is 0. The van der Waals surface area contributed by atoms with E-state index in [2.05, 4.69) is 10.2 Å². The van der Waals surface area contributed by atoms with Gasteiger partial charge < -0.3 is 14.8 Å². The first-order valence-corrected chi connectivity index (χ1v) is 7.69. The van der Waals surface area contributed by atoms with Crippen LogP contribution in [0.25, 0.3) is 5.69 Å². The Labute approximate surface area is 125 Å². The Morgan fingerprint density at radius 3 is 2.67 bits per heavy atom. The number of rotatable bonds is 6. The van der Waals surface area contributed by atoms with Gasteiger partial charge >= 0.3 is 0 Å². The lowest BCUT2D eigenvalue weighted by Crippen LogP contribution is -2.30. The molecule has 2 heterocycles. The van der Waals surface area contributed by atoms with Gasteiger partial charge in [-0.1, -0.05) is 12.1 Å². The molecule has 1 fully saturated rings. The van der Waals surface area contributed by atoms with Crippen molar-refractivity contribution in [3.8, 4) is 5.69 Å². The van der Waals surface area contributed by atoms with E-state index >= 15 is 0 Å². The third-order valence-corrected chi connectivity index (χ3v) is 4.05. The zero-order chi connectivity index (χ0) is 14.5. The van der Waals surface area contributed by atoms with Crippen LogP contribution in [0.4, 0.5) is 4.39 Å². The molecular weight excluding hydrogens is 265 g/mol. The van der Waals surface area contributed by atoms with E-state index in [4.69, 9.17) is 0 Å². The minimum Gasteiger partial charge on any atom is -0.317 e. The molecule has 0 aliphatic carbocycles. The van der Waals surface area contributed by atoms with Gasteiger partial charge in [0.05, 0.1) is 5.69 Å². The van der Waals surface area contributed by atoms with Gasteiger partial charge in [-0.25, -0.2) is 4.39 Å². The predicted molar refractivity (Wildman–Crippen MR) is 83.1 cm³/mol. The summed E-state index contributed by atoms with van der Waals surface area (Å²) in [5, 5.41) is 3.46. The van der Waals surface area contributed by atoms with Gasteiger partial charge in [-0.05, 0) is 50.2 Å². The van der Waals surface area contributed by atoms with Crippen molar-refractivity contribution in [3.05, 3.63) is 54.1 Å². The van der Waals surface area contributed by atoms with E-state index in [1.165, 1.54) is 32.0 Å². The van der Waals surface area contributed by atoms with Crippen molar-refractivity contribution in [2.45, 2.75) is 19.4 Å². The molecule has 0 saturated carbocycles. The molecule has 1 saturated heterocycles. The van der Waals surface area contributed by atoms with E-state index in [0.717, 1.165) is 25.3 Å². The summed E-state index contributed by atoms with van der Waals surface area (Å²) in [5.41, 5.74) is 1.69. The Morgan fingerprint density at radius 1 is 1.05 bits per heavy atom. The van der Waals surface area contributed by atoms with Gasteiger partial charge in [0.2, 0.25) is 0 Å². The monoisotopic (exact) mass is 287 g/mol. The molecule has 1 aromatic heterocycles. The fourth-order valence-electron chi connectivity index (χ4n) is 2.90. The molecule has 21 heavy (non-hydrogen) atoms. The summed E-state index contributed by atoms with van der Waals surface area (Å²) < 4.78 is 15.8. The van der Waals surface area contributed by atoms with E-state index < -0.39 is 0 Å². The van der Waals surface area contributed by atoms with Crippen LogP contribution in [0, 0.1) is 5.82 Å². The van der Waals surface area contributed by atoms with Crippen LogP contribution in [0.15, 0.2) is 42.6 Å². The number of nitrogens with zero attached hydrogens (tertiary/aromatic N) is 2. The number of aromatic nitrogens is 1. The number of para-hydroxylation sites is 1. The average molecular weight is 287 g/mol. The molecule has 4 heteroatoms. The summed E-state index contributed by atoms with van der Waals surface area (Å²) in [6.45, 7) is 5.29. The average Bonchev–Trinajstić information content (AvgIpc) is 3.16. The minimum absolute atomic E-state index is 0.188. The number of benzene rings is 1. The molecule has 0 amide bonds. The third kappa shape index (κ3) is 3.52. The largest absolute Gasteiger partial charge is 0.317 e. The molecular formula is C17H22FN3. The van der Waals surface area contributed by atoms with E-state index in [9.17, 15) is 4.39 Å². The van der Waals surface area contributed by atoms with Gasteiger partial charge in [0.15, 0.2) is 0 Å². The normalized spacial score (nSPS) is 15.7. The third-order valence-electron chi connectivity index (χ3n) is 4.05. The molecule has 0 atom stereocenters. The second kappa shape index (κ2) is 6.87. The lowest BCUT2D eigenvalue weighted by atomic mass is 10.3. The van der Waals surface area contributed by atoms with E-state index in [0.29, 0.717) is 5.69 Å². The van der Waals surface area contributed by atoms with Crippen LogP contribution in [0.2, 0.25) is 0 Å². The number of likely N-dealkylation sites (tertiary alicyclic amines) is 1. The molecule has 0 spiro atoms. The fourth-order valence-corrected chi connectivity index (χ4v) is 2.90. The molecule has 112 valence electrons. The van der Waals surface area contributed by atoms with Crippen LogP contribution < -0.4 is 5.32 Å². The summed E-state index contributed by atoms with van der Waals surface area (Å²) in [4.78, 5) is 2.49. The van der Waals surface area contributed by atoms with Gasteiger partial charge in [-0.3, -0.25) is 0 Å². The van der Waals surface area contributed by atoms with Crippen molar-refractivity contribution in [2.75, 3.05) is 26.2 Å². The molecule has 3 nitrogen and oxygen atoms in total.